The van der Waals surface area contributed by atoms with E-state index in [2.05, 4.69) is 15.6 Å². The number of aryl methyl sites for hydroxylation is 3. The summed E-state index contributed by atoms with van der Waals surface area (Å²) in [5.74, 6) is 0.00745. The number of rotatable bonds is 4. The molecule has 3 heterocycles. The molecule has 0 saturated carbocycles. The van der Waals surface area contributed by atoms with Gasteiger partial charge in [0.2, 0.25) is 5.91 Å². The maximum atomic E-state index is 12.9. The average Bonchev–Trinajstić information content (AvgIpc) is 3.01. The van der Waals surface area contributed by atoms with Crippen LogP contribution in [0, 0.1) is 0 Å². The van der Waals surface area contributed by atoms with Crippen LogP contribution in [0.1, 0.15) is 42.5 Å². The van der Waals surface area contributed by atoms with Crippen molar-refractivity contribution in [3.8, 4) is 0 Å². The van der Waals surface area contributed by atoms with Crippen molar-refractivity contribution in [2.45, 2.75) is 57.5 Å². The second-order valence-corrected chi connectivity index (χ2v) is 8.08. The van der Waals surface area contributed by atoms with E-state index >= 15 is 0 Å². The molecule has 2 aromatic rings. The number of piperidine rings is 1. The summed E-state index contributed by atoms with van der Waals surface area (Å²) in [4.78, 5) is 31.7. The van der Waals surface area contributed by atoms with Gasteiger partial charge in [0.15, 0.2) is 0 Å². The number of fused-ring (bicyclic) bond motifs is 3. The number of nitrogens with zero attached hydrogens (tertiary/aromatic N) is 2. The van der Waals surface area contributed by atoms with Crippen LogP contribution in [0.2, 0.25) is 0 Å². The Bertz CT molecular complexity index is 835. The van der Waals surface area contributed by atoms with Gasteiger partial charge in [0.1, 0.15) is 4.83 Å². The first-order chi connectivity index (χ1) is 12.2. The van der Waals surface area contributed by atoms with Gasteiger partial charge in [0, 0.05) is 30.4 Å². The number of hydrogen-bond donors (Lipinski definition) is 2. The van der Waals surface area contributed by atoms with E-state index in [0.29, 0.717) is 13.0 Å². The van der Waals surface area contributed by atoms with E-state index in [1.54, 1.807) is 22.2 Å². The van der Waals surface area contributed by atoms with Crippen molar-refractivity contribution in [1.82, 2.24) is 20.2 Å². The molecule has 1 saturated heterocycles. The molecule has 0 bridgehead atoms. The largest absolute Gasteiger partial charge is 0.352 e. The molecule has 2 aliphatic rings. The number of nitrogens with one attached hydrogen (secondary N) is 2. The van der Waals surface area contributed by atoms with Crippen LogP contribution in [0.4, 0.5) is 0 Å². The minimum atomic E-state index is 0.00745. The summed E-state index contributed by atoms with van der Waals surface area (Å²) in [6, 6.07) is 0.211. The Labute approximate surface area is 150 Å². The Kier molecular flexibility index (Phi) is 4.85. The van der Waals surface area contributed by atoms with Crippen LogP contribution in [0.3, 0.4) is 0 Å². The molecule has 1 aliphatic carbocycles. The van der Waals surface area contributed by atoms with Gasteiger partial charge in [-0.25, -0.2) is 4.98 Å². The predicted molar refractivity (Wildman–Crippen MR) is 99.2 cm³/mol. The molecule has 134 valence electrons. The summed E-state index contributed by atoms with van der Waals surface area (Å²) in [7, 11) is 0. The third kappa shape index (κ3) is 3.48. The average molecular weight is 360 g/mol. The lowest BCUT2D eigenvalue weighted by atomic mass is 9.97. The minimum absolute atomic E-state index is 0.00745. The summed E-state index contributed by atoms with van der Waals surface area (Å²) >= 11 is 1.66. The van der Waals surface area contributed by atoms with Crippen LogP contribution in [-0.2, 0) is 24.2 Å². The number of thiophene rings is 1. The third-order valence-electron chi connectivity index (χ3n) is 5.18. The highest BCUT2D eigenvalue weighted by atomic mass is 32.1. The highest BCUT2D eigenvalue weighted by Gasteiger charge is 2.20. The fraction of sp³-hybridized carbons (Fsp3) is 0.611. The summed E-state index contributed by atoms with van der Waals surface area (Å²) in [5.41, 5.74) is 1.22. The van der Waals surface area contributed by atoms with Gasteiger partial charge in [0.25, 0.3) is 5.56 Å². The van der Waals surface area contributed by atoms with Crippen LogP contribution in [0.15, 0.2) is 11.1 Å². The fourth-order valence-corrected chi connectivity index (χ4v) is 5.06. The topological polar surface area (TPSA) is 76.0 Å². The van der Waals surface area contributed by atoms with Crippen molar-refractivity contribution < 1.29 is 4.79 Å². The quantitative estimate of drug-likeness (QED) is 0.868. The number of aromatic nitrogens is 2. The van der Waals surface area contributed by atoms with Gasteiger partial charge in [-0.15, -0.1) is 11.3 Å². The van der Waals surface area contributed by atoms with Crippen molar-refractivity contribution in [3.05, 3.63) is 27.1 Å². The second-order valence-electron chi connectivity index (χ2n) is 6.99. The first-order valence-corrected chi connectivity index (χ1v) is 10.0. The van der Waals surface area contributed by atoms with Gasteiger partial charge in [-0.2, -0.15) is 0 Å². The lowest BCUT2D eigenvalue weighted by molar-refractivity contribution is -0.122. The minimum Gasteiger partial charge on any atom is -0.352 e. The predicted octanol–water partition coefficient (Wildman–Crippen LogP) is 1.60. The molecule has 6 nitrogen and oxygen atoms in total. The Morgan fingerprint density at radius 3 is 3.08 bits per heavy atom. The van der Waals surface area contributed by atoms with Crippen molar-refractivity contribution in [3.63, 3.8) is 0 Å². The summed E-state index contributed by atoms with van der Waals surface area (Å²) in [6.45, 7) is 2.25. The highest BCUT2D eigenvalue weighted by molar-refractivity contribution is 7.18. The summed E-state index contributed by atoms with van der Waals surface area (Å²) in [6.07, 6.45) is 8.41. The number of carbonyl (C=O) groups is 1. The Morgan fingerprint density at radius 1 is 1.36 bits per heavy atom. The van der Waals surface area contributed by atoms with E-state index in [1.807, 2.05) is 0 Å². The molecule has 1 unspecified atom stereocenters. The van der Waals surface area contributed by atoms with Crippen molar-refractivity contribution >= 4 is 27.5 Å². The molecule has 1 fully saturated rings. The van der Waals surface area contributed by atoms with Gasteiger partial charge in [0.05, 0.1) is 11.7 Å². The molecule has 0 radical (unpaired) electrons. The fourth-order valence-electron chi connectivity index (χ4n) is 3.84. The van der Waals surface area contributed by atoms with Crippen LogP contribution in [0.5, 0.6) is 0 Å². The molecule has 25 heavy (non-hydrogen) atoms. The normalized spacial score (nSPS) is 20.4. The van der Waals surface area contributed by atoms with Gasteiger partial charge in [-0.3, -0.25) is 14.2 Å². The number of hydrogen-bond acceptors (Lipinski definition) is 5. The molecule has 4 rings (SSSR count). The standard InChI is InChI=1S/C18H24N4O2S/c23-15(21-12-4-3-8-19-10-12)7-9-22-11-20-17-16(18(22)24)13-5-1-2-6-14(13)25-17/h11-12,19H,1-10H2,(H,21,23). The van der Waals surface area contributed by atoms with E-state index in [-0.39, 0.29) is 17.5 Å². The Morgan fingerprint density at radius 2 is 2.24 bits per heavy atom. The zero-order chi connectivity index (χ0) is 17.2. The monoisotopic (exact) mass is 360 g/mol. The maximum absolute atomic E-state index is 12.9. The molecular weight excluding hydrogens is 336 g/mol. The van der Waals surface area contributed by atoms with E-state index in [4.69, 9.17) is 0 Å². The second kappa shape index (κ2) is 7.25. The molecule has 0 aromatic carbocycles. The Hall–Kier alpha value is -1.73. The number of amides is 1. The van der Waals surface area contributed by atoms with E-state index in [9.17, 15) is 9.59 Å². The summed E-state index contributed by atoms with van der Waals surface area (Å²) in [5, 5.41) is 7.14. The number of carbonyl (C=O) groups excluding carboxylic acids is 1. The van der Waals surface area contributed by atoms with Crippen LogP contribution >= 0.6 is 11.3 Å². The maximum Gasteiger partial charge on any atom is 0.262 e. The molecule has 2 N–H and O–H groups in total. The van der Waals surface area contributed by atoms with Crippen LogP contribution in [-0.4, -0.2) is 34.6 Å². The summed E-state index contributed by atoms with van der Waals surface area (Å²) < 4.78 is 1.60. The zero-order valence-corrected chi connectivity index (χ0v) is 15.2. The molecule has 1 aliphatic heterocycles. The highest BCUT2D eigenvalue weighted by Crippen LogP contribution is 2.33. The van der Waals surface area contributed by atoms with Gasteiger partial charge < -0.3 is 10.6 Å². The first kappa shape index (κ1) is 16.7. The smallest absolute Gasteiger partial charge is 0.262 e. The molecule has 2 aromatic heterocycles. The molecule has 1 amide bonds. The lowest BCUT2D eigenvalue weighted by Gasteiger charge is -2.23. The lowest BCUT2D eigenvalue weighted by Crippen LogP contribution is -2.45. The van der Waals surface area contributed by atoms with E-state index in [1.165, 1.54) is 16.9 Å². The molecule has 1 atom stereocenters. The van der Waals surface area contributed by atoms with Crippen LogP contribution < -0.4 is 16.2 Å². The molecule has 0 spiro atoms. The van der Waals surface area contributed by atoms with Crippen LogP contribution in [0.25, 0.3) is 10.2 Å². The van der Waals surface area contributed by atoms with Gasteiger partial charge >= 0.3 is 0 Å². The van der Waals surface area contributed by atoms with Crippen molar-refractivity contribution in [2.24, 2.45) is 0 Å². The van der Waals surface area contributed by atoms with Gasteiger partial charge in [-0.1, -0.05) is 0 Å². The van der Waals surface area contributed by atoms with Crippen molar-refractivity contribution in [2.75, 3.05) is 13.1 Å². The molecule has 7 heteroatoms. The Balaban J connectivity index is 1.47. The van der Waals surface area contributed by atoms with E-state index in [0.717, 1.165) is 55.4 Å². The SMILES string of the molecule is O=C(CCn1cnc2sc3c(c2c1=O)CCCC3)NC1CCCNC1. The molecular formula is C18H24N4O2S. The van der Waals surface area contributed by atoms with E-state index < -0.39 is 0 Å². The third-order valence-corrected chi connectivity index (χ3v) is 6.38. The first-order valence-electron chi connectivity index (χ1n) is 9.22. The van der Waals surface area contributed by atoms with Gasteiger partial charge in [-0.05, 0) is 50.6 Å². The zero-order valence-electron chi connectivity index (χ0n) is 14.3. The van der Waals surface area contributed by atoms with Crippen molar-refractivity contribution in [1.29, 1.82) is 0 Å².